The first kappa shape index (κ1) is 17.2. The molecule has 0 saturated carbocycles. The molecule has 118 valence electrons. The third kappa shape index (κ3) is 3.85. The molecule has 1 atom stereocenters. The first-order chi connectivity index (χ1) is 9.03. The molecule has 1 unspecified atom stereocenters. The zero-order chi connectivity index (χ0) is 15.6. The van der Waals surface area contributed by atoms with Gasteiger partial charge < -0.3 is 4.74 Å². The fraction of sp³-hybridized carbons (Fsp3) is 0.923. The van der Waals surface area contributed by atoms with Crippen molar-refractivity contribution in [1.82, 2.24) is 0 Å². The van der Waals surface area contributed by atoms with E-state index in [1.807, 2.05) is 20.8 Å². The van der Waals surface area contributed by atoms with Gasteiger partial charge in [-0.3, -0.25) is 4.84 Å². The molecule has 0 spiro atoms. The second-order valence-corrected chi connectivity index (χ2v) is 6.16. The predicted molar refractivity (Wildman–Crippen MR) is 66.2 cm³/mol. The topological polar surface area (TPSA) is 35.5 Å². The van der Waals surface area contributed by atoms with Crippen molar-refractivity contribution < 1.29 is 32.2 Å². The van der Waals surface area contributed by atoms with Gasteiger partial charge in [-0.1, -0.05) is 20.8 Å². The minimum Gasteiger partial charge on any atom is -0.326 e. The van der Waals surface area contributed by atoms with Crippen LogP contribution >= 0.6 is 0 Å². The van der Waals surface area contributed by atoms with Crippen molar-refractivity contribution in [3.8, 4) is 0 Å². The van der Waals surface area contributed by atoms with Crippen LogP contribution in [0.1, 0.15) is 40.5 Å². The van der Waals surface area contributed by atoms with Gasteiger partial charge in [-0.05, 0) is 6.92 Å². The number of ether oxygens (including phenoxy) is 1. The smallest absolute Gasteiger partial charge is 0.326 e. The molecule has 0 bridgehead atoms. The third-order valence-electron chi connectivity index (χ3n) is 3.31. The summed E-state index contributed by atoms with van der Waals surface area (Å²) in [5.74, 6) is -2.15. The highest BCUT2D eigenvalue weighted by Crippen LogP contribution is 2.37. The number of nitrogens with zero attached hydrogens (tertiary/aromatic N) is 1. The summed E-state index contributed by atoms with van der Waals surface area (Å²) in [6, 6.07) is 0. The van der Waals surface area contributed by atoms with Gasteiger partial charge in [0.05, 0.1) is 6.61 Å². The molecule has 0 amide bonds. The number of hydroxylamine groups is 3. The molecule has 1 aliphatic heterocycles. The van der Waals surface area contributed by atoms with Crippen molar-refractivity contribution in [2.24, 2.45) is 5.41 Å². The van der Waals surface area contributed by atoms with E-state index in [-0.39, 0.29) is 0 Å². The van der Waals surface area contributed by atoms with E-state index in [1.54, 1.807) is 6.92 Å². The summed E-state index contributed by atoms with van der Waals surface area (Å²) in [4.78, 5) is 16.1. The Hall–Kier alpha value is -0.820. The predicted octanol–water partition coefficient (Wildman–Crippen LogP) is 3.03. The lowest BCUT2D eigenvalue weighted by Gasteiger charge is -2.42. The average Bonchev–Trinajstić information content (AvgIpc) is 2.72. The quantitative estimate of drug-likeness (QED) is 0.748. The Morgan fingerprint density at radius 2 is 1.70 bits per heavy atom. The van der Waals surface area contributed by atoms with E-state index in [1.165, 1.54) is 0 Å². The van der Waals surface area contributed by atoms with Crippen LogP contribution in [0.4, 0.5) is 13.2 Å². The van der Waals surface area contributed by atoms with Gasteiger partial charge in [0.2, 0.25) is 6.23 Å². The first-order valence-electron chi connectivity index (χ1n) is 6.82. The molecule has 7 heteroatoms. The summed E-state index contributed by atoms with van der Waals surface area (Å²) in [7, 11) is 0. The lowest BCUT2D eigenvalue weighted by Crippen LogP contribution is -2.61. The van der Waals surface area contributed by atoms with Crippen molar-refractivity contribution >= 4 is 5.97 Å². The molecular weight excluding hydrogens is 275 g/mol. The first-order valence-corrected chi connectivity index (χ1v) is 6.82. The van der Waals surface area contributed by atoms with Gasteiger partial charge in [0.25, 0.3) is 0 Å². The van der Waals surface area contributed by atoms with Gasteiger partial charge >= 0.3 is 12.1 Å². The van der Waals surface area contributed by atoms with Gasteiger partial charge in [-0.25, -0.2) is 4.79 Å². The summed E-state index contributed by atoms with van der Waals surface area (Å²) in [5, 5.41) is 0. The fourth-order valence-corrected chi connectivity index (χ4v) is 2.71. The van der Waals surface area contributed by atoms with E-state index in [9.17, 15) is 18.0 Å². The van der Waals surface area contributed by atoms with Gasteiger partial charge in [0, 0.05) is 18.3 Å². The van der Waals surface area contributed by atoms with Crippen LogP contribution in [0.2, 0.25) is 0 Å². The summed E-state index contributed by atoms with van der Waals surface area (Å²) >= 11 is 0. The van der Waals surface area contributed by atoms with E-state index in [0.29, 0.717) is 32.5 Å². The lowest BCUT2D eigenvalue weighted by atomic mass is 9.93. The highest BCUT2D eigenvalue weighted by molar-refractivity contribution is 5.74. The maximum atomic E-state index is 12.5. The minimum atomic E-state index is -4.98. The van der Waals surface area contributed by atoms with Crippen molar-refractivity contribution in [3.63, 3.8) is 0 Å². The molecule has 0 radical (unpaired) electrons. The summed E-state index contributed by atoms with van der Waals surface area (Å²) < 4.78 is 42.7. The molecule has 0 aromatic heterocycles. The fourth-order valence-electron chi connectivity index (χ4n) is 2.71. The number of halogens is 3. The third-order valence-corrected chi connectivity index (χ3v) is 3.31. The number of quaternary nitrogens is 1. The van der Waals surface area contributed by atoms with E-state index in [0.717, 1.165) is 0 Å². The second kappa shape index (κ2) is 5.89. The Morgan fingerprint density at radius 1 is 1.20 bits per heavy atom. The van der Waals surface area contributed by atoms with Crippen molar-refractivity contribution in [3.05, 3.63) is 0 Å². The van der Waals surface area contributed by atoms with Crippen LogP contribution < -0.4 is 0 Å². The molecule has 1 aliphatic rings. The van der Waals surface area contributed by atoms with E-state index < -0.39 is 28.4 Å². The largest absolute Gasteiger partial charge is 0.497 e. The van der Waals surface area contributed by atoms with Crippen LogP contribution in [0.15, 0.2) is 0 Å². The molecule has 1 saturated heterocycles. The monoisotopic (exact) mass is 298 g/mol. The number of alkyl halides is 3. The zero-order valence-electron chi connectivity index (χ0n) is 12.4. The van der Waals surface area contributed by atoms with Crippen LogP contribution in [0.5, 0.6) is 0 Å². The highest BCUT2D eigenvalue weighted by Gasteiger charge is 2.55. The van der Waals surface area contributed by atoms with Crippen LogP contribution in [0, 0.1) is 5.41 Å². The van der Waals surface area contributed by atoms with Crippen LogP contribution in [0.3, 0.4) is 0 Å². The molecule has 0 aromatic carbocycles. The zero-order valence-corrected chi connectivity index (χ0v) is 12.4. The van der Waals surface area contributed by atoms with E-state index >= 15 is 0 Å². The molecule has 0 N–H and O–H groups in total. The SMILES string of the molecule is CCOC(C(C)(C)C)[N+]1(OC(=O)C(F)(F)F)CCCC1. The summed E-state index contributed by atoms with van der Waals surface area (Å²) in [5.41, 5.74) is -0.438. The van der Waals surface area contributed by atoms with Gasteiger partial charge in [-0.2, -0.15) is 13.2 Å². The lowest BCUT2D eigenvalue weighted by molar-refractivity contribution is -1.12. The number of rotatable bonds is 4. The average molecular weight is 298 g/mol. The van der Waals surface area contributed by atoms with Gasteiger partial charge in [0.1, 0.15) is 13.1 Å². The minimum absolute atomic E-state index is 0.351. The molecule has 4 nitrogen and oxygen atoms in total. The van der Waals surface area contributed by atoms with E-state index in [2.05, 4.69) is 0 Å². The van der Waals surface area contributed by atoms with Crippen LogP contribution in [-0.4, -0.2) is 42.7 Å². The second-order valence-electron chi connectivity index (χ2n) is 6.16. The standard InChI is InChI=1S/C13H23F3NO3/c1-5-19-10(12(2,3)4)17(8-6-7-9-17)20-11(18)13(14,15)16/h10H,5-9H2,1-4H3/q+1. The number of carbonyl (C=O) groups excluding carboxylic acids is 1. The Labute approximate surface area is 117 Å². The summed E-state index contributed by atoms with van der Waals surface area (Å²) in [6.07, 6.45) is -4.17. The van der Waals surface area contributed by atoms with Crippen LogP contribution in [0.25, 0.3) is 0 Å². The molecule has 1 rings (SSSR count). The summed E-state index contributed by atoms with van der Waals surface area (Å²) in [6.45, 7) is 8.43. The Balaban J connectivity index is 3.04. The van der Waals surface area contributed by atoms with Gasteiger partial charge in [-0.15, -0.1) is 4.65 Å². The molecular formula is C13H23F3NO3+. The Kier molecular flexibility index (Phi) is 5.08. The molecule has 0 aromatic rings. The molecule has 1 fully saturated rings. The van der Waals surface area contributed by atoms with Gasteiger partial charge in [0.15, 0.2) is 0 Å². The van der Waals surface area contributed by atoms with Crippen LogP contribution in [-0.2, 0) is 14.4 Å². The number of likely N-dealkylation sites (tertiary alicyclic amines) is 1. The molecule has 0 aliphatic carbocycles. The Bertz CT molecular complexity index is 344. The molecule has 20 heavy (non-hydrogen) atoms. The van der Waals surface area contributed by atoms with Crippen molar-refractivity contribution in [2.75, 3.05) is 19.7 Å². The number of hydrogen-bond acceptors (Lipinski definition) is 3. The van der Waals surface area contributed by atoms with E-state index in [4.69, 9.17) is 9.57 Å². The van der Waals surface area contributed by atoms with Crippen molar-refractivity contribution in [2.45, 2.75) is 52.9 Å². The normalized spacial score (nSPS) is 20.8. The number of hydrogen-bond donors (Lipinski definition) is 0. The highest BCUT2D eigenvalue weighted by atomic mass is 19.4. The maximum Gasteiger partial charge on any atom is 0.497 e. The number of carbonyl (C=O) groups is 1. The molecule has 1 heterocycles. The van der Waals surface area contributed by atoms with Crippen molar-refractivity contribution in [1.29, 1.82) is 0 Å². The maximum absolute atomic E-state index is 12.5. The Morgan fingerprint density at radius 3 is 2.05 bits per heavy atom.